The van der Waals surface area contributed by atoms with Gasteiger partial charge in [0.1, 0.15) is 0 Å². The first kappa shape index (κ1) is 14.3. The van der Waals surface area contributed by atoms with Crippen molar-refractivity contribution in [2.45, 2.75) is 53.4 Å². The lowest BCUT2D eigenvalue weighted by Crippen LogP contribution is -2.33. The maximum atomic E-state index is 4.25. The third-order valence-electron chi connectivity index (χ3n) is 4.65. The van der Waals surface area contributed by atoms with Gasteiger partial charge in [-0.3, -0.25) is 0 Å². The highest BCUT2D eigenvalue weighted by Gasteiger charge is 2.37. The van der Waals surface area contributed by atoms with Crippen molar-refractivity contribution in [3.63, 3.8) is 0 Å². The molecule has 0 heteroatoms. The van der Waals surface area contributed by atoms with E-state index >= 15 is 0 Å². The van der Waals surface area contributed by atoms with Crippen LogP contribution < -0.4 is 0 Å². The summed E-state index contributed by atoms with van der Waals surface area (Å²) < 4.78 is 0. The largest absolute Gasteiger partial charge is 0.0993 e. The van der Waals surface area contributed by atoms with Crippen LogP contribution in [0.3, 0.4) is 0 Å². The molecule has 96 valence electrons. The second kappa shape index (κ2) is 5.71. The number of allylic oxidation sites excluding steroid dienone is 4. The summed E-state index contributed by atoms with van der Waals surface area (Å²) in [5.41, 5.74) is 2.70. The SMILES string of the molecule is C=CC(C)=CC(C)(C(=C)C)C1CCCCC1C. The second-order valence-corrected chi connectivity index (χ2v) is 6.02. The van der Waals surface area contributed by atoms with Crippen LogP contribution in [0.15, 0.2) is 36.5 Å². The third kappa shape index (κ3) is 3.12. The molecule has 3 atom stereocenters. The van der Waals surface area contributed by atoms with E-state index < -0.39 is 0 Å². The highest BCUT2D eigenvalue weighted by Crippen LogP contribution is 2.47. The summed E-state index contributed by atoms with van der Waals surface area (Å²) in [6.45, 7) is 17.2. The smallest absolute Gasteiger partial charge is 0.00934 e. The standard InChI is InChI=1S/C17H28/c1-7-14(4)12-17(6,13(2)3)16-11-9-8-10-15(16)5/h7,12,15-16H,1-2,8-11H2,3-6H3. The summed E-state index contributed by atoms with van der Waals surface area (Å²) in [5.74, 6) is 1.54. The fourth-order valence-corrected chi connectivity index (χ4v) is 3.29. The molecule has 0 spiro atoms. The molecule has 0 amide bonds. The highest BCUT2D eigenvalue weighted by atomic mass is 14.4. The van der Waals surface area contributed by atoms with Crippen LogP contribution in [-0.4, -0.2) is 0 Å². The van der Waals surface area contributed by atoms with Crippen molar-refractivity contribution in [1.82, 2.24) is 0 Å². The quantitative estimate of drug-likeness (QED) is 0.442. The lowest BCUT2D eigenvalue weighted by atomic mass is 9.62. The first-order chi connectivity index (χ1) is 7.91. The van der Waals surface area contributed by atoms with E-state index in [1.54, 1.807) is 0 Å². The van der Waals surface area contributed by atoms with Crippen molar-refractivity contribution >= 4 is 0 Å². The lowest BCUT2D eigenvalue weighted by molar-refractivity contribution is 0.155. The number of hydrogen-bond acceptors (Lipinski definition) is 0. The van der Waals surface area contributed by atoms with Crippen LogP contribution in [0, 0.1) is 17.3 Å². The zero-order chi connectivity index (χ0) is 13.1. The lowest BCUT2D eigenvalue weighted by Gasteiger charge is -2.43. The molecule has 0 nitrogen and oxygen atoms in total. The molecule has 3 unspecified atom stereocenters. The van der Waals surface area contributed by atoms with Crippen LogP contribution in [0.2, 0.25) is 0 Å². The summed E-state index contributed by atoms with van der Waals surface area (Å²) in [4.78, 5) is 0. The van der Waals surface area contributed by atoms with Crippen molar-refractivity contribution in [1.29, 1.82) is 0 Å². The van der Waals surface area contributed by atoms with E-state index in [0.717, 1.165) is 11.8 Å². The van der Waals surface area contributed by atoms with Gasteiger partial charge in [-0.1, -0.05) is 69.6 Å². The predicted molar refractivity (Wildman–Crippen MR) is 78.0 cm³/mol. The molecule has 1 fully saturated rings. The van der Waals surface area contributed by atoms with Crippen molar-refractivity contribution < 1.29 is 0 Å². The predicted octanol–water partition coefficient (Wildman–Crippen LogP) is 5.53. The first-order valence-electron chi connectivity index (χ1n) is 6.89. The molecule has 0 saturated heterocycles. The van der Waals surface area contributed by atoms with E-state index in [1.807, 2.05) is 6.08 Å². The molecule has 0 N–H and O–H groups in total. The van der Waals surface area contributed by atoms with Crippen molar-refractivity contribution in [3.05, 3.63) is 36.5 Å². The van der Waals surface area contributed by atoms with Crippen molar-refractivity contribution in [2.24, 2.45) is 17.3 Å². The minimum absolute atomic E-state index is 0.137. The molecule has 1 aliphatic rings. The Hall–Kier alpha value is -0.780. The molecule has 0 aromatic rings. The minimum atomic E-state index is 0.137. The minimum Gasteiger partial charge on any atom is -0.0993 e. The number of hydrogen-bond donors (Lipinski definition) is 0. The van der Waals surface area contributed by atoms with Gasteiger partial charge >= 0.3 is 0 Å². The van der Waals surface area contributed by atoms with Crippen LogP contribution in [0.5, 0.6) is 0 Å². The summed E-state index contributed by atoms with van der Waals surface area (Å²) in [7, 11) is 0. The van der Waals surface area contributed by atoms with Crippen LogP contribution >= 0.6 is 0 Å². The average Bonchev–Trinajstić information content (AvgIpc) is 2.28. The topological polar surface area (TPSA) is 0 Å². The number of rotatable bonds is 4. The Morgan fingerprint density at radius 3 is 2.29 bits per heavy atom. The van der Waals surface area contributed by atoms with Crippen LogP contribution in [0.25, 0.3) is 0 Å². The molecule has 17 heavy (non-hydrogen) atoms. The summed E-state index contributed by atoms with van der Waals surface area (Å²) in [5, 5.41) is 0. The fraction of sp³-hybridized carbons (Fsp3) is 0.647. The van der Waals surface area contributed by atoms with Crippen LogP contribution in [0.1, 0.15) is 53.4 Å². The van der Waals surface area contributed by atoms with Gasteiger partial charge in [-0.15, -0.1) is 0 Å². The maximum absolute atomic E-state index is 4.25. The van der Waals surface area contributed by atoms with Gasteiger partial charge < -0.3 is 0 Å². The Labute approximate surface area is 108 Å². The van der Waals surface area contributed by atoms with E-state index in [0.29, 0.717) is 0 Å². The van der Waals surface area contributed by atoms with Gasteiger partial charge in [-0.25, -0.2) is 0 Å². The van der Waals surface area contributed by atoms with Crippen molar-refractivity contribution in [3.8, 4) is 0 Å². The molecule has 0 heterocycles. The van der Waals surface area contributed by atoms with Crippen LogP contribution in [-0.2, 0) is 0 Å². The fourth-order valence-electron chi connectivity index (χ4n) is 3.29. The van der Waals surface area contributed by atoms with Gasteiger partial charge in [-0.2, -0.15) is 0 Å². The highest BCUT2D eigenvalue weighted by molar-refractivity contribution is 5.26. The van der Waals surface area contributed by atoms with E-state index in [4.69, 9.17) is 0 Å². The monoisotopic (exact) mass is 232 g/mol. The van der Waals surface area contributed by atoms with Gasteiger partial charge in [0.2, 0.25) is 0 Å². The molecular weight excluding hydrogens is 204 g/mol. The van der Waals surface area contributed by atoms with Gasteiger partial charge in [0, 0.05) is 5.41 Å². The molecular formula is C17H28. The molecule has 1 saturated carbocycles. The summed E-state index contributed by atoms with van der Waals surface area (Å²) >= 11 is 0. The Bertz CT molecular complexity index is 321. The van der Waals surface area contributed by atoms with Gasteiger partial charge in [0.05, 0.1) is 0 Å². The zero-order valence-electron chi connectivity index (χ0n) is 12.1. The van der Waals surface area contributed by atoms with E-state index in [2.05, 4.69) is 46.9 Å². The Morgan fingerprint density at radius 1 is 1.24 bits per heavy atom. The molecule has 0 aliphatic heterocycles. The second-order valence-electron chi connectivity index (χ2n) is 6.02. The molecule has 0 radical (unpaired) electrons. The van der Waals surface area contributed by atoms with Crippen LogP contribution in [0.4, 0.5) is 0 Å². The van der Waals surface area contributed by atoms with Gasteiger partial charge in [0.25, 0.3) is 0 Å². The Balaban J connectivity index is 3.06. The van der Waals surface area contributed by atoms with E-state index in [1.165, 1.54) is 36.8 Å². The molecule has 0 aromatic heterocycles. The average molecular weight is 232 g/mol. The normalized spacial score (nSPS) is 29.5. The Kier molecular flexibility index (Phi) is 4.80. The Morgan fingerprint density at radius 2 is 1.82 bits per heavy atom. The van der Waals surface area contributed by atoms with Gasteiger partial charge in [-0.05, 0) is 32.1 Å². The maximum Gasteiger partial charge on any atom is 0.00934 e. The first-order valence-corrected chi connectivity index (χ1v) is 6.89. The molecule has 0 bridgehead atoms. The molecule has 1 rings (SSSR count). The zero-order valence-corrected chi connectivity index (χ0v) is 12.1. The summed E-state index contributed by atoms with van der Waals surface area (Å²) in [6.07, 6.45) is 9.82. The van der Waals surface area contributed by atoms with E-state index in [9.17, 15) is 0 Å². The molecule has 1 aliphatic carbocycles. The third-order valence-corrected chi connectivity index (χ3v) is 4.65. The van der Waals surface area contributed by atoms with Gasteiger partial charge in [0.15, 0.2) is 0 Å². The van der Waals surface area contributed by atoms with Crippen molar-refractivity contribution in [2.75, 3.05) is 0 Å². The van der Waals surface area contributed by atoms with E-state index in [-0.39, 0.29) is 5.41 Å². The summed E-state index contributed by atoms with van der Waals surface area (Å²) in [6, 6.07) is 0. The molecule has 0 aromatic carbocycles.